The molecule has 1 aliphatic rings. The first-order valence-corrected chi connectivity index (χ1v) is 12.6. The summed E-state index contributed by atoms with van der Waals surface area (Å²) in [7, 11) is -2.75. The number of rotatable bonds is 10. The normalized spacial score (nSPS) is 17.1. The summed E-state index contributed by atoms with van der Waals surface area (Å²) < 4.78 is 44.1. The van der Waals surface area contributed by atoms with E-state index >= 15 is 0 Å². The summed E-state index contributed by atoms with van der Waals surface area (Å²) in [5, 5.41) is 3.07. The third kappa shape index (κ3) is 7.78. The van der Waals surface area contributed by atoms with Crippen LogP contribution in [-0.2, 0) is 40.2 Å². The highest BCUT2D eigenvalue weighted by atomic mass is 35.5. The van der Waals surface area contributed by atoms with Crippen molar-refractivity contribution in [3.63, 3.8) is 0 Å². The molecule has 0 spiro atoms. The number of benzene rings is 2. The molecule has 1 heterocycles. The van der Waals surface area contributed by atoms with E-state index in [2.05, 4.69) is 14.8 Å². The van der Waals surface area contributed by atoms with Crippen molar-refractivity contribution in [2.75, 3.05) is 25.6 Å². The van der Waals surface area contributed by atoms with Crippen molar-refractivity contribution in [2.45, 2.75) is 42.9 Å². The Balaban J connectivity index is 1.75. The van der Waals surface area contributed by atoms with Gasteiger partial charge in [-0.25, -0.2) is 8.42 Å². The first-order valence-electron chi connectivity index (χ1n) is 10.7. The number of ether oxygens (including phenoxy) is 3. The highest BCUT2D eigenvalue weighted by Crippen LogP contribution is 2.18. The van der Waals surface area contributed by atoms with Gasteiger partial charge in [0, 0.05) is 17.3 Å². The number of esters is 1. The van der Waals surface area contributed by atoms with Crippen LogP contribution in [0.3, 0.4) is 0 Å². The molecule has 3 rings (SSSR count). The lowest BCUT2D eigenvalue weighted by Crippen LogP contribution is -2.47. The summed E-state index contributed by atoms with van der Waals surface area (Å²) >= 11 is 5.86. The molecule has 1 amide bonds. The van der Waals surface area contributed by atoms with E-state index in [9.17, 15) is 18.0 Å². The Morgan fingerprint density at radius 3 is 2.62 bits per heavy atom. The maximum atomic E-state index is 13.1. The second kappa shape index (κ2) is 12.3. The van der Waals surface area contributed by atoms with Crippen LogP contribution in [0.1, 0.15) is 24.8 Å². The molecular formula is C23H27ClN2O7S. The van der Waals surface area contributed by atoms with Crippen LogP contribution in [0.15, 0.2) is 53.4 Å². The van der Waals surface area contributed by atoms with Crippen LogP contribution < -0.4 is 10.0 Å². The van der Waals surface area contributed by atoms with Gasteiger partial charge in [-0.15, -0.1) is 0 Å². The van der Waals surface area contributed by atoms with Crippen LogP contribution in [0.2, 0.25) is 5.02 Å². The van der Waals surface area contributed by atoms with E-state index in [0.29, 0.717) is 29.3 Å². The van der Waals surface area contributed by atoms with E-state index in [4.69, 9.17) is 21.1 Å². The molecule has 11 heteroatoms. The zero-order chi connectivity index (χ0) is 24.6. The summed E-state index contributed by atoms with van der Waals surface area (Å²) in [5.41, 5.74) is 1.03. The molecule has 1 fully saturated rings. The van der Waals surface area contributed by atoms with E-state index in [1.807, 2.05) is 0 Å². The zero-order valence-electron chi connectivity index (χ0n) is 18.7. The lowest BCUT2D eigenvalue weighted by Gasteiger charge is -2.25. The van der Waals surface area contributed by atoms with Crippen molar-refractivity contribution in [1.29, 1.82) is 0 Å². The molecule has 2 N–H and O–H groups in total. The predicted octanol–water partition coefficient (Wildman–Crippen LogP) is 2.88. The highest BCUT2D eigenvalue weighted by molar-refractivity contribution is 7.89. The summed E-state index contributed by atoms with van der Waals surface area (Å²) in [6, 6.07) is 11.0. The third-order valence-corrected chi connectivity index (χ3v) is 6.83. The van der Waals surface area contributed by atoms with Crippen LogP contribution in [0.25, 0.3) is 0 Å². The Labute approximate surface area is 203 Å². The molecule has 9 nitrogen and oxygen atoms in total. The fourth-order valence-corrected chi connectivity index (χ4v) is 4.61. The Morgan fingerprint density at radius 2 is 1.94 bits per heavy atom. The van der Waals surface area contributed by atoms with Gasteiger partial charge in [0.25, 0.3) is 0 Å². The topological polar surface area (TPSA) is 120 Å². The van der Waals surface area contributed by atoms with Gasteiger partial charge in [0.2, 0.25) is 15.9 Å². The Bertz CT molecular complexity index is 1090. The molecule has 0 radical (unpaired) electrons. The smallest absolute Gasteiger partial charge is 0.309 e. The molecule has 2 aromatic rings. The van der Waals surface area contributed by atoms with Gasteiger partial charge < -0.3 is 19.5 Å². The van der Waals surface area contributed by atoms with Crippen LogP contribution in [0.5, 0.6) is 0 Å². The Morgan fingerprint density at radius 1 is 1.18 bits per heavy atom. The van der Waals surface area contributed by atoms with Gasteiger partial charge in [-0.05, 0) is 61.2 Å². The molecule has 184 valence electrons. The minimum Gasteiger partial charge on any atom is -0.469 e. The molecule has 1 unspecified atom stereocenters. The van der Waals surface area contributed by atoms with Crippen LogP contribution in [-0.4, -0.2) is 52.9 Å². The monoisotopic (exact) mass is 510 g/mol. The number of methoxy groups -OCH3 is 1. The largest absolute Gasteiger partial charge is 0.469 e. The second-order valence-electron chi connectivity index (χ2n) is 7.70. The van der Waals surface area contributed by atoms with Crippen molar-refractivity contribution < 1.29 is 32.2 Å². The average molecular weight is 511 g/mol. The number of amides is 1. The number of carbonyl (C=O) groups excluding carboxylic acids is 2. The van der Waals surface area contributed by atoms with Crippen molar-refractivity contribution in [2.24, 2.45) is 0 Å². The summed E-state index contributed by atoms with van der Waals surface area (Å²) in [6.45, 7) is 0.316. The number of hydrogen-bond donors (Lipinski definition) is 2. The number of anilines is 1. The molecule has 1 saturated heterocycles. The van der Waals surface area contributed by atoms with Crippen LogP contribution >= 0.6 is 11.6 Å². The zero-order valence-corrected chi connectivity index (χ0v) is 20.2. The lowest BCUT2D eigenvalue weighted by atomic mass is 10.1. The second-order valence-corrected chi connectivity index (χ2v) is 9.85. The fourth-order valence-electron chi connectivity index (χ4n) is 3.31. The van der Waals surface area contributed by atoms with E-state index in [0.717, 1.165) is 12.8 Å². The number of nitrogens with one attached hydrogen (secondary N) is 2. The fraction of sp³-hybridized carbons (Fsp3) is 0.391. The van der Waals surface area contributed by atoms with Gasteiger partial charge in [0.15, 0.2) is 6.29 Å². The van der Waals surface area contributed by atoms with Gasteiger partial charge >= 0.3 is 5.97 Å². The SMILES string of the molecule is COC(=O)Cc1cccc(NC(=O)[C@H](COC2CCCCO2)NS(=O)(=O)c2ccc(Cl)cc2)c1. The van der Waals surface area contributed by atoms with E-state index < -0.39 is 34.2 Å². The van der Waals surface area contributed by atoms with Crippen molar-refractivity contribution in [3.05, 3.63) is 59.1 Å². The number of hydrogen-bond acceptors (Lipinski definition) is 7. The molecular weight excluding hydrogens is 484 g/mol. The lowest BCUT2D eigenvalue weighted by molar-refractivity contribution is -0.166. The van der Waals surface area contributed by atoms with Gasteiger partial charge in [0.05, 0.1) is 25.0 Å². The summed E-state index contributed by atoms with van der Waals surface area (Å²) in [4.78, 5) is 24.6. The summed E-state index contributed by atoms with van der Waals surface area (Å²) in [5.74, 6) is -1.04. The number of carbonyl (C=O) groups is 2. The minimum absolute atomic E-state index is 0.0367. The summed E-state index contributed by atoms with van der Waals surface area (Å²) in [6.07, 6.45) is 2.04. The molecule has 0 saturated carbocycles. The van der Waals surface area contributed by atoms with E-state index in [1.165, 1.54) is 31.4 Å². The van der Waals surface area contributed by atoms with E-state index in [1.54, 1.807) is 24.3 Å². The van der Waals surface area contributed by atoms with Gasteiger partial charge in [-0.1, -0.05) is 23.7 Å². The standard InChI is InChI=1S/C23H27ClN2O7S/c1-31-21(27)14-16-5-4-6-18(13-16)25-23(28)20(15-33-22-7-2-3-12-32-22)26-34(29,30)19-10-8-17(24)9-11-19/h4-6,8-11,13,20,22,26H,2-3,7,12,14-15H2,1H3,(H,25,28)/t20-,22?/m0/s1. The van der Waals surface area contributed by atoms with Crippen molar-refractivity contribution >= 4 is 39.2 Å². The molecule has 2 aromatic carbocycles. The molecule has 0 aliphatic carbocycles. The molecule has 34 heavy (non-hydrogen) atoms. The Kier molecular flexibility index (Phi) is 9.43. The van der Waals surface area contributed by atoms with Crippen LogP contribution in [0.4, 0.5) is 5.69 Å². The predicted molar refractivity (Wildman–Crippen MR) is 126 cm³/mol. The average Bonchev–Trinajstić information content (AvgIpc) is 2.82. The molecule has 2 atom stereocenters. The van der Waals surface area contributed by atoms with E-state index in [-0.39, 0.29) is 17.9 Å². The third-order valence-electron chi connectivity index (χ3n) is 5.10. The van der Waals surface area contributed by atoms with Gasteiger partial charge in [-0.2, -0.15) is 4.72 Å². The first-order chi connectivity index (χ1) is 16.3. The minimum atomic E-state index is -4.05. The quantitative estimate of drug-likeness (QED) is 0.471. The molecule has 0 aromatic heterocycles. The molecule has 0 bridgehead atoms. The van der Waals surface area contributed by atoms with Crippen molar-refractivity contribution in [1.82, 2.24) is 4.72 Å². The highest BCUT2D eigenvalue weighted by Gasteiger charge is 2.28. The maximum absolute atomic E-state index is 13.1. The number of sulfonamides is 1. The first kappa shape index (κ1) is 26.1. The number of halogens is 1. The van der Waals surface area contributed by atoms with Gasteiger partial charge in [-0.3, -0.25) is 9.59 Å². The van der Waals surface area contributed by atoms with Gasteiger partial charge in [0.1, 0.15) is 6.04 Å². The maximum Gasteiger partial charge on any atom is 0.309 e. The van der Waals surface area contributed by atoms with Crippen LogP contribution in [0, 0.1) is 0 Å². The molecule has 1 aliphatic heterocycles. The van der Waals surface area contributed by atoms with Crippen molar-refractivity contribution in [3.8, 4) is 0 Å². The Hall–Kier alpha value is -2.50.